The van der Waals surface area contributed by atoms with Crippen LogP contribution in [0.2, 0.25) is 5.02 Å². The fourth-order valence-corrected chi connectivity index (χ4v) is 1.26. The highest BCUT2D eigenvalue weighted by atomic mass is 35.5. The molecule has 0 radical (unpaired) electrons. The van der Waals surface area contributed by atoms with Gasteiger partial charge in [-0.25, -0.2) is 0 Å². The van der Waals surface area contributed by atoms with Crippen molar-refractivity contribution in [3.05, 3.63) is 22.7 Å². The molecule has 1 rings (SSSR count). The number of rotatable bonds is 2. The molecule has 0 bridgehead atoms. The Balaban J connectivity index is 3.04. The lowest BCUT2D eigenvalue weighted by Crippen LogP contribution is -2.13. The van der Waals surface area contributed by atoms with Crippen LogP contribution in [0.3, 0.4) is 0 Å². The molecule has 1 aromatic rings. The first-order valence-electron chi connectivity index (χ1n) is 3.95. The lowest BCUT2D eigenvalue weighted by Gasteiger charge is -2.12. The lowest BCUT2D eigenvalue weighted by atomic mass is 10.2. The van der Waals surface area contributed by atoms with E-state index >= 15 is 0 Å². The number of benzene rings is 1. The highest BCUT2D eigenvalue weighted by Crippen LogP contribution is 2.33. The fourth-order valence-electron chi connectivity index (χ4n) is 0.998. The molecule has 0 aliphatic carbocycles. The SMILES string of the molecule is Cc1ccc(NC(C)O)c(Cl)c1O. The summed E-state index contributed by atoms with van der Waals surface area (Å²) in [6.45, 7) is 3.33. The quantitative estimate of drug-likeness (QED) is 0.643. The van der Waals surface area contributed by atoms with E-state index in [1.54, 1.807) is 26.0 Å². The van der Waals surface area contributed by atoms with Crippen molar-refractivity contribution in [1.29, 1.82) is 0 Å². The molecule has 1 atom stereocenters. The van der Waals surface area contributed by atoms with Crippen molar-refractivity contribution >= 4 is 17.3 Å². The van der Waals surface area contributed by atoms with E-state index in [0.29, 0.717) is 11.3 Å². The first-order chi connectivity index (χ1) is 6.02. The molecule has 4 heteroatoms. The molecular weight excluding hydrogens is 190 g/mol. The van der Waals surface area contributed by atoms with Gasteiger partial charge in [-0.05, 0) is 25.5 Å². The third-order valence-electron chi connectivity index (χ3n) is 1.68. The molecule has 13 heavy (non-hydrogen) atoms. The number of halogens is 1. The molecule has 72 valence electrons. The van der Waals surface area contributed by atoms with E-state index < -0.39 is 6.23 Å². The van der Waals surface area contributed by atoms with Crippen LogP contribution in [0.15, 0.2) is 12.1 Å². The lowest BCUT2D eigenvalue weighted by molar-refractivity contribution is 0.224. The number of hydrogen-bond acceptors (Lipinski definition) is 3. The summed E-state index contributed by atoms with van der Waals surface area (Å²) in [5, 5.41) is 21.4. The van der Waals surface area contributed by atoms with Crippen molar-refractivity contribution in [2.45, 2.75) is 20.1 Å². The van der Waals surface area contributed by atoms with Gasteiger partial charge in [-0.3, -0.25) is 0 Å². The molecule has 0 aliphatic heterocycles. The monoisotopic (exact) mass is 201 g/mol. The van der Waals surface area contributed by atoms with Gasteiger partial charge in [0.05, 0.1) is 5.69 Å². The van der Waals surface area contributed by atoms with Crippen LogP contribution in [0.5, 0.6) is 5.75 Å². The van der Waals surface area contributed by atoms with E-state index in [9.17, 15) is 5.11 Å². The van der Waals surface area contributed by atoms with Crippen molar-refractivity contribution in [3.63, 3.8) is 0 Å². The van der Waals surface area contributed by atoms with Gasteiger partial charge in [0.25, 0.3) is 0 Å². The third-order valence-corrected chi connectivity index (χ3v) is 2.06. The van der Waals surface area contributed by atoms with Gasteiger partial charge < -0.3 is 15.5 Å². The molecule has 3 nitrogen and oxygen atoms in total. The molecule has 0 spiro atoms. The van der Waals surface area contributed by atoms with Crippen LogP contribution in [-0.4, -0.2) is 16.4 Å². The number of anilines is 1. The summed E-state index contributed by atoms with van der Waals surface area (Å²) in [6.07, 6.45) is -0.695. The molecule has 3 N–H and O–H groups in total. The van der Waals surface area contributed by atoms with Crippen LogP contribution in [-0.2, 0) is 0 Å². The Morgan fingerprint density at radius 1 is 1.46 bits per heavy atom. The maximum Gasteiger partial charge on any atom is 0.139 e. The number of aliphatic hydroxyl groups excluding tert-OH is 1. The van der Waals surface area contributed by atoms with Gasteiger partial charge in [0.2, 0.25) is 0 Å². The van der Waals surface area contributed by atoms with Crippen molar-refractivity contribution < 1.29 is 10.2 Å². The van der Waals surface area contributed by atoms with E-state index in [2.05, 4.69) is 5.32 Å². The van der Waals surface area contributed by atoms with Crippen molar-refractivity contribution in [2.75, 3.05) is 5.32 Å². The summed E-state index contributed by atoms with van der Waals surface area (Å²) < 4.78 is 0. The van der Waals surface area contributed by atoms with Crippen LogP contribution in [0.25, 0.3) is 0 Å². The topological polar surface area (TPSA) is 52.5 Å². The van der Waals surface area contributed by atoms with Crippen LogP contribution >= 0.6 is 11.6 Å². The summed E-state index contributed by atoms with van der Waals surface area (Å²) in [4.78, 5) is 0. The van der Waals surface area contributed by atoms with Gasteiger partial charge in [0.1, 0.15) is 17.0 Å². The minimum atomic E-state index is -0.695. The van der Waals surface area contributed by atoms with Crippen molar-refractivity contribution in [3.8, 4) is 5.75 Å². The Morgan fingerprint density at radius 2 is 2.08 bits per heavy atom. The zero-order valence-corrected chi connectivity index (χ0v) is 8.26. The molecule has 0 aliphatic rings. The predicted molar refractivity (Wildman–Crippen MR) is 53.2 cm³/mol. The van der Waals surface area contributed by atoms with Crippen molar-refractivity contribution in [2.24, 2.45) is 0 Å². The second-order valence-corrected chi connectivity index (χ2v) is 3.29. The van der Waals surface area contributed by atoms with E-state index in [0.717, 1.165) is 0 Å². The van der Waals surface area contributed by atoms with Gasteiger partial charge in [0, 0.05) is 0 Å². The largest absolute Gasteiger partial charge is 0.506 e. The minimum absolute atomic E-state index is 0.0484. The van der Waals surface area contributed by atoms with Gasteiger partial charge in [-0.2, -0.15) is 0 Å². The number of nitrogens with one attached hydrogen (secondary N) is 1. The van der Waals surface area contributed by atoms with E-state index in [1.165, 1.54) is 0 Å². The zero-order chi connectivity index (χ0) is 10.0. The molecule has 0 amide bonds. The predicted octanol–water partition coefficient (Wildman–Crippen LogP) is 2.10. The Morgan fingerprint density at radius 3 is 2.62 bits per heavy atom. The minimum Gasteiger partial charge on any atom is -0.506 e. The number of aliphatic hydroxyl groups is 1. The van der Waals surface area contributed by atoms with Crippen molar-refractivity contribution in [1.82, 2.24) is 0 Å². The maximum atomic E-state index is 9.45. The van der Waals surface area contributed by atoms with Gasteiger partial charge >= 0.3 is 0 Å². The van der Waals surface area contributed by atoms with E-state index in [-0.39, 0.29) is 10.8 Å². The number of aromatic hydroxyl groups is 1. The molecule has 0 aromatic heterocycles. The number of phenols is 1. The highest BCUT2D eigenvalue weighted by molar-refractivity contribution is 6.34. The summed E-state index contributed by atoms with van der Waals surface area (Å²) in [5.41, 5.74) is 1.24. The molecule has 1 unspecified atom stereocenters. The standard InChI is InChI=1S/C9H12ClNO2/c1-5-3-4-7(11-6(2)12)8(10)9(5)13/h3-4,6,11-13H,1-2H3. The maximum absolute atomic E-state index is 9.45. The molecule has 0 saturated heterocycles. The summed E-state index contributed by atoms with van der Waals surface area (Å²) in [7, 11) is 0. The second-order valence-electron chi connectivity index (χ2n) is 2.91. The van der Waals surface area contributed by atoms with Gasteiger partial charge in [-0.15, -0.1) is 0 Å². The highest BCUT2D eigenvalue weighted by Gasteiger charge is 2.08. The molecule has 0 heterocycles. The summed E-state index contributed by atoms with van der Waals surface area (Å²) >= 11 is 5.82. The van der Waals surface area contributed by atoms with Crippen LogP contribution in [0.1, 0.15) is 12.5 Å². The van der Waals surface area contributed by atoms with E-state index in [1.807, 2.05) is 0 Å². The second kappa shape index (κ2) is 3.85. The number of hydrogen-bond donors (Lipinski definition) is 3. The van der Waals surface area contributed by atoms with Crippen LogP contribution in [0, 0.1) is 6.92 Å². The average molecular weight is 202 g/mol. The zero-order valence-electron chi connectivity index (χ0n) is 7.50. The molecule has 0 saturated carbocycles. The van der Waals surface area contributed by atoms with Gasteiger partial charge in [0.15, 0.2) is 0 Å². The Labute approximate surface area is 82.0 Å². The summed E-state index contributed by atoms with van der Waals surface area (Å²) in [5.74, 6) is 0.0484. The Bertz CT molecular complexity index is 313. The van der Waals surface area contributed by atoms with Crippen LogP contribution < -0.4 is 5.32 Å². The van der Waals surface area contributed by atoms with E-state index in [4.69, 9.17) is 16.7 Å². The average Bonchev–Trinajstić information content (AvgIpc) is 2.06. The smallest absolute Gasteiger partial charge is 0.139 e. The normalized spacial score (nSPS) is 12.6. The van der Waals surface area contributed by atoms with Crippen LogP contribution in [0.4, 0.5) is 5.69 Å². The first kappa shape index (κ1) is 10.2. The Hall–Kier alpha value is -0.930. The number of phenolic OH excluding ortho intramolecular Hbond substituents is 1. The molecule has 1 aromatic carbocycles. The summed E-state index contributed by atoms with van der Waals surface area (Å²) in [6, 6.07) is 3.44. The Kier molecular flexibility index (Phi) is 3.01. The fraction of sp³-hybridized carbons (Fsp3) is 0.333. The first-order valence-corrected chi connectivity index (χ1v) is 4.33. The third kappa shape index (κ3) is 2.26. The van der Waals surface area contributed by atoms with Gasteiger partial charge in [-0.1, -0.05) is 17.7 Å². The molecular formula is C9H12ClNO2. The molecule has 0 fully saturated rings. The number of aryl methyl sites for hydroxylation is 1.